The monoisotopic (exact) mass is 444 g/mol. The molecular weight excluding hydrogens is 427 g/mol. The molecule has 0 radical (unpaired) electrons. The third-order valence-electron chi connectivity index (χ3n) is 3.49. The molecule has 2 aromatic rings. The molecule has 0 aromatic heterocycles. The lowest BCUT2D eigenvalue weighted by Gasteiger charge is -2.09. The van der Waals surface area contributed by atoms with Gasteiger partial charge >= 0.3 is 5.97 Å². The molecule has 2 rings (SSSR count). The van der Waals surface area contributed by atoms with Crippen LogP contribution in [0.4, 0.5) is 10.1 Å². The van der Waals surface area contributed by atoms with Crippen LogP contribution in [0.15, 0.2) is 52.3 Å². The number of nitrogens with one attached hydrogen (secondary N) is 1. The number of ether oxygens (including phenoxy) is 2. The van der Waals surface area contributed by atoms with E-state index in [-0.39, 0.29) is 23.8 Å². The highest BCUT2D eigenvalue weighted by Crippen LogP contribution is 2.29. The van der Waals surface area contributed by atoms with Crippen molar-refractivity contribution in [3.05, 3.63) is 58.4 Å². The van der Waals surface area contributed by atoms with Crippen LogP contribution < -0.4 is 9.46 Å². The minimum absolute atomic E-state index is 0.00748. The molecule has 0 spiro atoms. The van der Waals surface area contributed by atoms with Gasteiger partial charge in [0.1, 0.15) is 31.3 Å². The Labute approximate surface area is 170 Å². The number of halogens is 1. The summed E-state index contributed by atoms with van der Waals surface area (Å²) < 4.78 is 49.4. The Bertz CT molecular complexity index is 982. The Hall–Kier alpha value is -2.70. The van der Waals surface area contributed by atoms with Crippen molar-refractivity contribution in [2.75, 3.05) is 26.0 Å². The van der Waals surface area contributed by atoms with Crippen LogP contribution in [0.3, 0.4) is 0 Å². The average Bonchev–Trinajstić information content (AvgIpc) is 2.70. The quantitative estimate of drug-likeness (QED) is 0.195. The summed E-state index contributed by atoms with van der Waals surface area (Å²) in [6, 6.07) is 8.71. The molecule has 0 saturated heterocycles. The first-order valence-electron chi connectivity index (χ1n) is 8.09. The van der Waals surface area contributed by atoms with Gasteiger partial charge in [0.05, 0.1) is 14.7 Å². The molecule has 0 unspecified atom stereocenters. The zero-order chi connectivity index (χ0) is 21.4. The number of carbonyl (C=O) groups is 1. The van der Waals surface area contributed by atoms with Gasteiger partial charge in [0.25, 0.3) is 5.69 Å². The summed E-state index contributed by atoms with van der Waals surface area (Å²) in [6.07, 6.45) is 1.63. The lowest BCUT2D eigenvalue weighted by Crippen LogP contribution is -2.31. The fourth-order valence-electron chi connectivity index (χ4n) is 2.11. The fraction of sp³-hybridized carbons (Fsp3) is 0.235. The second kappa shape index (κ2) is 10.2. The molecule has 2 aromatic carbocycles. The summed E-state index contributed by atoms with van der Waals surface area (Å²) in [7, 11) is -4.15. The standard InChI is InChI=1S/C17H17FN2O7S2/c1-28-16-7-6-14(10-15(16)20(22)23)29(24,25)19-11-17(21)27-9-8-26-13-4-2-12(18)3-5-13/h2-7,10,19H,8-9,11H2,1H3. The molecule has 12 heteroatoms. The van der Waals surface area contributed by atoms with Crippen LogP contribution in [0.5, 0.6) is 5.75 Å². The average molecular weight is 444 g/mol. The minimum Gasteiger partial charge on any atom is -0.490 e. The zero-order valence-corrected chi connectivity index (χ0v) is 16.8. The second-order valence-electron chi connectivity index (χ2n) is 5.44. The van der Waals surface area contributed by atoms with E-state index in [4.69, 9.17) is 9.47 Å². The summed E-state index contributed by atoms with van der Waals surface area (Å²) in [4.78, 5) is 22.0. The van der Waals surface area contributed by atoms with Crippen molar-refractivity contribution in [3.63, 3.8) is 0 Å². The Kier molecular flexibility index (Phi) is 7.93. The predicted octanol–water partition coefficient (Wildman–Crippen LogP) is 2.36. The molecule has 0 atom stereocenters. The van der Waals surface area contributed by atoms with Crippen LogP contribution in [0.1, 0.15) is 0 Å². The third kappa shape index (κ3) is 6.69. The van der Waals surface area contributed by atoms with Crippen LogP contribution in [0, 0.1) is 15.9 Å². The highest BCUT2D eigenvalue weighted by Gasteiger charge is 2.22. The molecule has 156 valence electrons. The molecule has 0 aliphatic heterocycles. The van der Waals surface area contributed by atoms with Crippen LogP contribution in [-0.4, -0.2) is 45.3 Å². The van der Waals surface area contributed by atoms with Gasteiger partial charge in [-0.05, 0) is 42.7 Å². The van der Waals surface area contributed by atoms with E-state index in [0.717, 1.165) is 17.8 Å². The smallest absolute Gasteiger partial charge is 0.321 e. The lowest BCUT2D eigenvalue weighted by atomic mass is 10.3. The second-order valence-corrected chi connectivity index (χ2v) is 8.05. The first-order valence-corrected chi connectivity index (χ1v) is 10.8. The van der Waals surface area contributed by atoms with E-state index in [9.17, 15) is 27.7 Å². The third-order valence-corrected chi connectivity index (χ3v) is 5.68. The Morgan fingerprint density at radius 2 is 1.90 bits per heavy atom. The number of nitro groups is 1. The van der Waals surface area contributed by atoms with E-state index >= 15 is 0 Å². The molecule has 0 aliphatic rings. The number of carbonyl (C=O) groups excluding carboxylic acids is 1. The SMILES string of the molecule is CSc1ccc(S(=O)(=O)NCC(=O)OCCOc2ccc(F)cc2)cc1[N+](=O)[O-]. The number of thioether (sulfide) groups is 1. The summed E-state index contributed by atoms with van der Waals surface area (Å²) in [5.41, 5.74) is -0.346. The summed E-state index contributed by atoms with van der Waals surface area (Å²) >= 11 is 1.11. The predicted molar refractivity (Wildman–Crippen MR) is 103 cm³/mol. The molecule has 9 nitrogen and oxygen atoms in total. The molecule has 0 fully saturated rings. The Morgan fingerprint density at radius 3 is 2.52 bits per heavy atom. The van der Waals surface area contributed by atoms with Gasteiger partial charge < -0.3 is 9.47 Å². The van der Waals surface area contributed by atoms with Gasteiger partial charge in [-0.2, -0.15) is 4.72 Å². The van der Waals surface area contributed by atoms with Crippen LogP contribution in [0.2, 0.25) is 0 Å². The van der Waals surface area contributed by atoms with Gasteiger partial charge in [0, 0.05) is 6.07 Å². The number of sulfonamides is 1. The van der Waals surface area contributed by atoms with Gasteiger partial charge in [0.2, 0.25) is 10.0 Å². The van der Waals surface area contributed by atoms with Gasteiger partial charge in [-0.15, -0.1) is 11.8 Å². The zero-order valence-electron chi connectivity index (χ0n) is 15.2. The summed E-state index contributed by atoms with van der Waals surface area (Å²) in [5.74, 6) is -0.880. The van der Waals surface area contributed by atoms with E-state index in [2.05, 4.69) is 0 Å². The maximum Gasteiger partial charge on any atom is 0.321 e. The number of nitro benzene ring substituents is 1. The van der Waals surface area contributed by atoms with Crippen molar-refractivity contribution in [2.24, 2.45) is 0 Å². The van der Waals surface area contributed by atoms with Crippen molar-refractivity contribution in [2.45, 2.75) is 9.79 Å². The van der Waals surface area contributed by atoms with Gasteiger partial charge in [-0.25, -0.2) is 12.8 Å². The molecular formula is C17H17FN2O7S2. The van der Waals surface area contributed by atoms with E-state index < -0.39 is 33.3 Å². The first-order chi connectivity index (χ1) is 13.7. The van der Waals surface area contributed by atoms with Crippen LogP contribution in [-0.2, 0) is 19.6 Å². The highest BCUT2D eigenvalue weighted by molar-refractivity contribution is 7.98. The summed E-state index contributed by atoms with van der Waals surface area (Å²) in [6.45, 7) is -0.810. The maximum absolute atomic E-state index is 12.8. The van der Waals surface area contributed by atoms with Crippen molar-refractivity contribution >= 4 is 33.4 Å². The van der Waals surface area contributed by atoms with E-state index in [1.807, 2.05) is 4.72 Å². The number of hydrogen-bond acceptors (Lipinski definition) is 8. The summed E-state index contributed by atoms with van der Waals surface area (Å²) in [5, 5.41) is 11.1. The molecule has 0 heterocycles. The van der Waals surface area contributed by atoms with E-state index in [1.54, 1.807) is 6.26 Å². The first kappa shape index (κ1) is 22.6. The van der Waals surface area contributed by atoms with Crippen molar-refractivity contribution in [1.82, 2.24) is 4.72 Å². The minimum atomic E-state index is -4.15. The molecule has 29 heavy (non-hydrogen) atoms. The number of esters is 1. The number of rotatable bonds is 10. The Balaban J connectivity index is 1.84. The van der Waals surface area contributed by atoms with Gasteiger partial charge in [0.15, 0.2) is 0 Å². The molecule has 0 aliphatic carbocycles. The molecule has 0 amide bonds. The van der Waals surface area contributed by atoms with E-state index in [0.29, 0.717) is 10.6 Å². The lowest BCUT2D eigenvalue weighted by molar-refractivity contribution is -0.387. The van der Waals surface area contributed by atoms with E-state index in [1.165, 1.54) is 36.4 Å². The largest absolute Gasteiger partial charge is 0.490 e. The normalized spacial score (nSPS) is 11.1. The maximum atomic E-state index is 12.8. The van der Waals surface area contributed by atoms with Crippen molar-refractivity contribution in [3.8, 4) is 5.75 Å². The fourth-order valence-corrected chi connectivity index (χ4v) is 3.65. The van der Waals surface area contributed by atoms with Gasteiger partial charge in [-0.3, -0.25) is 14.9 Å². The van der Waals surface area contributed by atoms with Crippen molar-refractivity contribution < 1.29 is 32.0 Å². The Morgan fingerprint density at radius 1 is 1.21 bits per heavy atom. The van der Waals surface area contributed by atoms with Gasteiger partial charge in [-0.1, -0.05) is 0 Å². The number of benzene rings is 2. The topological polar surface area (TPSA) is 125 Å². The number of hydrogen-bond donors (Lipinski definition) is 1. The molecule has 0 bridgehead atoms. The highest BCUT2D eigenvalue weighted by atomic mass is 32.2. The molecule has 1 N–H and O–H groups in total. The number of nitrogens with zero attached hydrogens (tertiary/aromatic N) is 1. The van der Waals surface area contributed by atoms with Crippen molar-refractivity contribution in [1.29, 1.82) is 0 Å². The molecule has 0 saturated carbocycles. The van der Waals surface area contributed by atoms with Crippen LogP contribution in [0.25, 0.3) is 0 Å². The van der Waals surface area contributed by atoms with Crippen LogP contribution >= 0.6 is 11.8 Å².